The molecule has 1 aromatic heterocycles. The maximum Gasteiger partial charge on any atom is 0.147 e. The van der Waals surface area contributed by atoms with Crippen LogP contribution in [0.25, 0.3) is 0 Å². The molecule has 2 rings (SSSR count). The van der Waals surface area contributed by atoms with Gasteiger partial charge in [0.25, 0.3) is 0 Å². The number of ether oxygens (including phenoxy) is 1. The zero-order valence-electron chi connectivity index (χ0n) is 10.4. The first-order chi connectivity index (χ1) is 8.06. The Morgan fingerprint density at radius 3 is 2.82 bits per heavy atom. The van der Waals surface area contributed by atoms with Crippen LogP contribution in [0.5, 0.6) is 0 Å². The number of hydrogen-bond donors (Lipinski definition) is 1. The first-order valence-electron chi connectivity index (χ1n) is 6.00. The van der Waals surface area contributed by atoms with E-state index in [0.29, 0.717) is 19.6 Å². The largest absolute Gasteiger partial charge is 0.379 e. The Hall–Kier alpha value is -0.710. The molecule has 2 heterocycles. The van der Waals surface area contributed by atoms with Crippen molar-refractivity contribution in [2.45, 2.75) is 32.7 Å². The summed E-state index contributed by atoms with van der Waals surface area (Å²) in [6.45, 7) is 4.99. The fraction of sp³-hybridized carbons (Fsp3) is 0.615. The van der Waals surface area contributed by atoms with Crippen molar-refractivity contribution in [3.63, 3.8) is 0 Å². The van der Waals surface area contributed by atoms with Crippen LogP contribution in [-0.2, 0) is 22.4 Å². The smallest absolute Gasteiger partial charge is 0.147 e. The van der Waals surface area contributed by atoms with Crippen LogP contribution in [0.3, 0.4) is 0 Å². The average Bonchev–Trinajstić information content (AvgIpc) is 2.88. The minimum atomic E-state index is -0.504. The Kier molecular flexibility index (Phi) is 3.66. The van der Waals surface area contributed by atoms with Crippen molar-refractivity contribution >= 4 is 17.1 Å². The van der Waals surface area contributed by atoms with E-state index < -0.39 is 5.41 Å². The predicted molar refractivity (Wildman–Crippen MR) is 69.3 cm³/mol. The maximum atomic E-state index is 12.3. The van der Waals surface area contributed by atoms with Crippen LogP contribution >= 0.6 is 11.3 Å². The van der Waals surface area contributed by atoms with Crippen LogP contribution in [0.1, 0.15) is 23.6 Å². The third-order valence-corrected chi connectivity index (χ3v) is 4.78. The number of rotatable bonds is 4. The molecule has 0 bridgehead atoms. The summed E-state index contributed by atoms with van der Waals surface area (Å²) in [5.74, 6) is 0.201. The molecule has 2 atom stereocenters. The fourth-order valence-corrected chi connectivity index (χ4v) is 3.00. The second-order valence-electron chi connectivity index (χ2n) is 4.86. The first kappa shape index (κ1) is 12.7. The molecule has 1 fully saturated rings. The molecule has 0 saturated carbocycles. The van der Waals surface area contributed by atoms with Crippen LogP contribution in [0.4, 0.5) is 0 Å². The summed E-state index contributed by atoms with van der Waals surface area (Å²) in [6, 6.07) is 3.98. The third kappa shape index (κ3) is 2.44. The second kappa shape index (κ2) is 4.88. The van der Waals surface area contributed by atoms with Gasteiger partial charge in [-0.1, -0.05) is 6.92 Å². The molecule has 1 aliphatic rings. The lowest BCUT2D eigenvalue weighted by molar-refractivity contribution is -0.127. The Labute approximate surface area is 106 Å². The van der Waals surface area contributed by atoms with Gasteiger partial charge in [0, 0.05) is 22.2 Å². The topological polar surface area (TPSA) is 52.3 Å². The summed E-state index contributed by atoms with van der Waals surface area (Å²) in [4.78, 5) is 14.7. The van der Waals surface area contributed by atoms with E-state index >= 15 is 0 Å². The van der Waals surface area contributed by atoms with Crippen LogP contribution in [0, 0.1) is 5.41 Å². The molecule has 0 spiro atoms. The van der Waals surface area contributed by atoms with Gasteiger partial charge in [0.05, 0.1) is 18.6 Å². The molecular weight excluding hydrogens is 234 g/mol. The Morgan fingerprint density at radius 2 is 2.29 bits per heavy atom. The Balaban J connectivity index is 2.06. The fourth-order valence-electron chi connectivity index (χ4n) is 2.04. The van der Waals surface area contributed by atoms with Crippen molar-refractivity contribution < 1.29 is 9.53 Å². The number of carbonyl (C=O) groups excluding carboxylic acids is 1. The Morgan fingerprint density at radius 1 is 1.59 bits per heavy atom. The van der Waals surface area contributed by atoms with Gasteiger partial charge in [0.1, 0.15) is 5.78 Å². The normalized spacial score (nSPS) is 28.5. The summed E-state index contributed by atoms with van der Waals surface area (Å²) < 4.78 is 5.32. The van der Waals surface area contributed by atoms with E-state index in [1.54, 1.807) is 11.3 Å². The average molecular weight is 253 g/mol. The Bertz CT molecular complexity index is 415. The number of ketones is 1. The standard InChI is InChI=1S/C13H19NO2S/c1-3-9-4-5-10(17-9)6-12(15)13(2)8-16-7-11(13)14/h4-5,11H,3,6-8,14H2,1-2H3. The van der Waals surface area contributed by atoms with Crippen molar-refractivity contribution in [2.24, 2.45) is 11.1 Å². The maximum absolute atomic E-state index is 12.3. The molecule has 3 nitrogen and oxygen atoms in total. The predicted octanol–water partition coefficient (Wildman–Crippen LogP) is 1.79. The highest BCUT2D eigenvalue weighted by Crippen LogP contribution is 2.30. The summed E-state index contributed by atoms with van der Waals surface area (Å²) >= 11 is 1.72. The highest BCUT2D eigenvalue weighted by molar-refractivity contribution is 7.12. The second-order valence-corrected chi connectivity index (χ2v) is 6.11. The van der Waals surface area contributed by atoms with E-state index in [9.17, 15) is 4.79 Å². The van der Waals surface area contributed by atoms with Gasteiger partial charge in [-0.2, -0.15) is 0 Å². The molecule has 2 unspecified atom stereocenters. The summed E-state index contributed by atoms with van der Waals surface area (Å²) in [6.07, 6.45) is 1.51. The SMILES string of the molecule is CCc1ccc(CC(=O)C2(C)COCC2N)s1. The number of Topliss-reactive ketones (excluding diaryl/α,β-unsaturated/α-hetero) is 1. The van der Waals surface area contributed by atoms with Gasteiger partial charge < -0.3 is 10.5 Å². The highest BCUT2D eigenvalue weighted by Gasteiger charge is 2.43. The molecule has 1 aliphatic heterocycles. The number of aryl methyl sites for hydroxylation is 1. The third-order valence-electron chi connectivity index (χ3n) is 3.56. The first-order valence-corrected chi connectivity index (χ1v) is 6.82. The van der Waals surface area contributed by atoms with E-state index in [0.717, 1.165) is 11.3 Å². The quantitative estimate of drug-likeness (QED) is 0.890. The molecule has 0 aliphatic carbocycles. The van der Waals surface area contributed by atoms with Crippen molar-refractivity contribution in [3.05, 3.63) is 21.9 Å². The molecule has 1 saturated heterocycles. The molecule has 94 valence electrons. The van der Waals surface area contributed by atoms with Gasteiger partial charge in [0.2, 0.25) is 0 Å². The molecule has 2 N–H and O–H groups in total. The van der Waals surface area contributed by atoms with Crippen LogP contribution in [0.15, 0.2) is 12.1 Å². The monoisotopic (exact) mass is 253 g/mol. The molecule has 0 amide bonds. The lowest BCUT2D eigenvalue weighted by Gasteiger charge is -2.24. The van der Waals surface area contributed by atoms with Gasteiger partial charge >= 0.3 is 0 Å². The summed E-state index contributed by atoms with van der Waals surface area (Å²) in [5.41, 5.74) is 5.45. The van der Waals surface area contributed by atoms with E-state index in [1.165, 1.54) is 4.88 Å². The molecule has 0 aromatic carbocycles. The van der Waals surface area contributed by atoms with Crippen molar-refractivity contribution in [3.8, 4) is 0 Å². The highest BCUT2D eigenvalue weighted by atomic mass is 32.1. The van der Waals surface area contributed by atoms with Crippen LogP contribution in [0.2, 0.25) is 0 Å². The van der Waals surface area contributed by atoms with Gasteiger partial charge in [-0.15, -0.1) is 11.3 Å². The van der Waals surface area contributed by atoms with Gasteiger partial charge in [-0.3, -0.25) is 4.79 Å². The number of thiophene rings is 1. The van der Waals surface area contributed by atoms with Gasteiger partial charge in [0.15, 0.2) is 0 Å². The number of carbonyl (C=O) groups is 1. The number of nitrogens with two attached hydrogens (primary N) is 1. The van der Waals surface area contributed by atoms with Crippen LogP contribution < -0.4 is 5.73 Å². The molecule has 17 heavy (non-hydrogen) atoms. The van der Waals surface area contributed by atoms with Crippen molar-refractivity contribution in [1.29, 1.82) is 0 Å². The van der Waals surface area contributed by atoms with E-state index in [2.05, 4.69) is 13.0 Å². The van der Waals surface area contributed by atoms with Gasteiger partial charge in [-0.25, -0.2) is 0 Å². The zero-order valence-corrected chi connectivity index (χ0v) is 11.2. The van der Waals surface area contributed by atoms with Crippen molar-refractivity contribution in [2.75, 3.05) is 13.2 Å². The van der Waals surface area contributed by atoms with E-state index in [4.69, 9.17) is 10.5 Å². The molecule has 4 heteroatoms. The minimum absolute atomic E-state index is 0.166. The van der Waals surface area contributed by atoms with Crippen molar-refractivity contribution in [1.82, 2.24) is 0 Å². The summed E-state index contributed by atoms with van der Waals surface area (Å²) in [7, 11) is 0. The summed E-state index contributed by atoms with van der Waals surface area (Å²) in [5, 5.41) is 0. The van der Waals surface area contributed by atoms with Crippen LogP contribution in [-0.4, -0.2) is 25.0 Å². The zero-order chi connectivity index (χ0) is 12.5. The lowest BCUT2D eigenvalue weighted by Crippen LogP contribution is -2.45. The molecule has 1 aromatic rings. The van der Waals surface area contributed by atoms with Gasteiger partial charge in [-0.05, 0) is 25.5 Å². The number of hydrogen-bond acceptors (Lipinski definition) is 4. The lowest BCUT2D eigenvalue weighted by atomic mass is 9.80. The molecule has 0 radical (unpaired) electrons. The van der Waals surface area contributed by atoms with E-state index in [-0.39, 0.29) is 11.8 Å². The molecular formula is C13H19NO2S. The minimum Gasteiger partial charge on any atom is -0.379 e. The van der Waals surface area contributed by atoms with E-state index in [1.807, 2.05) is 13.0 Å².